The monoisotopic (exact) mass is 262 g/mol. The predicted molar refractivity (Wildman–Crippen MR) is 56.0 cm³/mol. The molecule has 0 aliphatic carbocycles. The number of likely N-dealkylation sites (tertiary alicyclic amines) is 1. The maximum atomic E-state index is 12.9. The molecule has 2 rings (SSSR count). The van der Waals surface area contributed by atoms with Crippen LogP contribution in [0, 0.1) is 6.92 Å². The summed E-state index contributed by atoms with van der Waals surface area (Å²) in [7, 11) is 0. The molecule has 4 nitrogen and oxygen atoms in total. The van der Waals surface area contributed by atoms with Crippen LogP contribution in [-0.4, -0.2) is 34.7 Å². The topological polar surface area (TPSA) is 46.3 Å². The Morgan fingerprint density at radius 3 is 2.78 bits per heavy atom. The maximum absolute atomic E-state index is 12.9. The zero-order chi connectivity index (χ0) is 13.3. The molecule has 1 saturated heterocycles. The predicted octanol–water partition coefficient (Wildman–Crippen LogP) is 2.54. The van der Waals surface area contributed by atoms with Crippen molar-refractivity contribution in [2.45, 2.75) is 38.4 Å². The van der Waals surface area contributed by atoms with Crippen LogP contribution >= 0.6 is 0 Å². The molecule has 0 aromatic carbocycles. The average molecular weight is 262 g/mol. The quantitative estimate of drug-likeness (QED) is 0.781. The second kappa shape index (κ2) is 4.62. The van der Waals surface area contributed by atoms with Gasteiger partial charge in [0.1, 0.15) is 17.4 Å². The number of halogens is 3. The molecule has 0 N–H and O–H groups in total. The molecule has 1 unspecified atom stereocenters. The van der Waals surface area contributed by atoms with Crippen molar-refractivity contribution in [1.29, 1.82) is 0 Å². The number of amides is 1. The molecular weight excluding hydrogens is 249 g/mol. The van der Waals surface area contributed by atoms with Gasteiger partial charge in [0.2, 0.25) is 0 Å². The van der Waals surface area contributed by atoms with E-state index in [4.69, 9.17) is 4.52 Å². The fraction of sp³-hybridized carbons (Fsp3) is 0.636. The summed E-state index contributed by atoms with van der Waals surface area (Å²) in [6.07, 6.45) is -2.19. The summed E-state index contributed by atoms with van der Waals surface area (Å²) in [6.45, 7) is 1.63. The smallest absolute Gasteiger partial charge is 0.361 e. The Bertz CT molecular complexity index is 442. The molecule has 0 spiro atoms. The summed E-state index contributed by atoms with van der Waals surface area (Å²) >= 11 is 0. The number of nitrogens with zero attached hydrogens (tertiary/aromatic N) is 2. The Labute approximate surface area is 102 Å². The highest BCUT2D eigenvalue weighted by Crippen LogP contribution is 2.32. The molecule has 1 amide bonds. The second-order valence-corrected chi connectivity index (χ2v) is 4.35. The van der Waals surface area contributed by atoms with Crippen LogP contribution in [0.2, 0.25) is 0 Å². The third-order valence-electron chi connectivity index (χ3n) is 3.12. The van der Waals surface area contributed by atoms with Crippen LogP contribution in [0.5, 0.6) is 0 Å². The lowest BCUT2D eigenvalue weighted by Crippen LogP contribution is -2.51. The van der Waals surface area contributed by atoms with E-state index in [1.165, 1.54) is 13.1 Å². The zero-order valence-corrected chi connectivity index (χ0v) is 9.83. The van der Waals surface area contributed by atoms with Crippen LogP contribution in [0.25, 0.3) is 0 Å². The molecule has 18 heavy (non-hydrogen) atoms. The minimum Gasteiger partial charge on any atom is -0.361 e. The number of alkyl halides is 3. The first kappa shape index (κ1) is 12.9. The largest absolute Gasteiger partial charge is 0.408 e. The Morgan fingerprint density at radius 2 is 2.22 bits per heavy atom. The first-order valence-electron chi connectivity index (χ1n) is 5.70. The van der Waals surface area contributed by atoms with E-state index in [1.807, 2.05) is 0 Å². The van der Waals surface area contributed by atoms with E-state index < -0.39 is 18.1 Å². The fourth-order valence-electron chi connectivity index (χ4n) is 2.17. The van der Waals surface area contributed by atoms with Gasteiger partial charge in [0.25, 0.3) is 5.91 Å². The fourth-order valence-corrected chi connectivity index (χ4v) is 2.17. The van der Waals surface area contributed by atoms with Crippen LogP contribution in [-0.2, 0) is 0 Å². The molecular formula is C11H13F3N2O2. The molecule has 0 saturated carbocycles. The van der Waals surface area contributed by atoms with Crippen LogP contribution in [0.3, 0.4) is 0 Å². The van der Waals surface area contributed by atoms with E-state index in [1.54, 1.807) is 0 Å². The van der Waals surface area contributed by atoms with Crippen LogP contribution in [0.15, 0.2) is 10.7 Å². The zero-order valence-electron chi connectivity index (χ0n) is 9.83. The van der Waals surface area contributed by atoms with Gasteiger partial charge < -0.3 is 9.42 Å². The van der Waals surface area contributed by atoms with Gasteiger partial charge in [-0.25, -0.2) is 0 Å². The molecule has 1 fully saturated rings. The van der Waals surface area contributed by atoms with E-state index >= 15 is 0 Å². The first-order valence-corrected chi connectivity index (χ1v) is 5.70. The molecule has 7 heteroatoms. The summed E-state index contributed by atoms with van der Waals surface area (Å²) in [5.41, 5.74) is 0.103. The van der Waals surface area contributed by atoms with E-state index in [0.717, 1.165) is 4.90 Å². The first-order chi connectivity index (χ1) is 8.41. The summed E-state index contributed by atoms with van der Waals surface area (Å²) < 4.78 is 43.3. The number of carbonyl (C=O) groups is 1. The number of piperidine rings is 1. The molecule has 1 aromatic rings. The van der Waals surface area contributed by atoms with E-state index in [9.17, 15) is 18.0 Å². The minimum atomic E-state index is -4.39. The summed E-state index contributed by atoms with van der Waals surface area (Å²) in [5.74, 6) is -0.415. The van der Waals surface area contributed by atoms with Crippen molar-refractivity contribution in [1.82, 2.24) is 10.1 Å². The lowest BCUT2D eigenvalue weighted by atomic mass is 10.0. The molecule has 0 radical (unpaired) electrons. The second-order valence-electron chi connectivity index (χ2n) is 4.35. The minimum absolute atomic E-state index is 0.0421. The number of aryl methyl sites for hydroxylation is 1. The van der Waals surface area contributed by atoms with Gasteiger partial charge in [0.15, 0.2) is 0 Å². The third-order valence-corrected chi connectivity index (χ3v) is 3.12. The highest BCUT2D eigenvalue weighted by atomic mass is 19.4. The van der Waals surface area contributed by atoms with Gasteiger partial charge in [0, 0.05) is 6.54 Å². The molecule has 1 atom stereocenters. The summed E-state index contributed by atoms with van der Waals surface area (Å²) in [4.78, 5) is 12.9. The van der Waals surface area contributed by atoms with Crippen LogP contribution < -0.4 is 0 Å². The van der Waals surface area contributed by atoms with Crippen LogP contribution in [0.1, 0.15) is 35.4 Å². The average Bonchev–Trinajstić information content (AvgIpc) is 2.73. The van der Waals surface area contributed by atoms with E-state index in [2.05, 4.69) is 5.16 Å². The summed E-state index contributed by atoms with van der Waals surface area (Å²) in [5, 5.41) is 3.42. The lowest BCUT2D eigenvalue weighted by molar-refractivity contribution is -0.183. The number of hydrogen-bond donors (Lipinski definition) is 0. The lowest BCUT2D eigenvalue weighted by Gasteiger charge is -2.36. The summed E-state index contributed by atoms with van der Waals surface area (Å²) in [6, 6.07) is -1.70. The maximum Gasteiger partial charge on any atom is 0.408 e. The molecule has 2 heterocycles. The molecule has 1 aliphatic heterocycles. The number of hydrogen-bond acceptors (Lipinski definition) is 3. The number of carbonyl (C=O) groups excluding carboxylic acids is 1. The highest BCUT2D eigenvalue weighted by molar-refractivity contribution is 5.95. The highest BCUT2D eigenvalue weighted by Gasteiger charge is 2.46. The Balaban J connectivity index is 2.25. The van der Waals surface area contributed by atoms with Gasteiger partial charge in [-0.05, 0) is 26.2 Å². The number of rotatable bonds is 1. The van der Waals surface area contributed by atoms with Gasteiger partial charge in [-0.15, -0.1) is 0 Å². The van der Waals surface area contributed by atoms with Crippen molar-refractivity contribution in [2.24, 2.45) is 0 Å². The van der Waals surface area contributed by atoms with Gasteiger partial charge in [-0.1, -0.05) is 5.16 Å². The van der Waals surface area contributed by atoms with E-state index in [0.29, 0.717) is 12.8 Å². The van der Waals surface area contributed by atoms with Crippen molar-refractivity contribution in [3.63, 3.8) is 0 Å². The molecule has 1 aliphatic rings. The Hall–Kier alpha value is -1.53. The molecule has 1 aromatic heterocycles. The molecule has 0 bridgehead atoms. The van der Waals surface area contributed by atoms with Crippen LogP contribution in [0.4, 0.5) is 13.2 Å². The van der Waals surface area contributed by atoms with Crippen molar-refractivity contribution >= 4 is 5.91 Å². The third kappa shape index (κ3) is 2.34. The van der Waals surface area contributed by atoms with E-state index in [-0.39, 0.29) is 24.3 Å². The van der Waals surface area contributed by atoms with Crippen molar-refractivity contribution < 1.29 is 22.5 Å². The van der Waals surface area contributed by atoms with Gasteiger partial charge in [-0.3, -0.25) is 4.79 Å². The Kier molecular flexibility index (Phi) is 3.32. The van der Waals surface area contributed by atoms with Crippen molar-refractivity contribution in [3.8, 4) is 0 Å². The SMILES string of the molecule is Cc1oncc1C(=O)N1CCCCC1C(F)(F)F. The van der Waals surface area contributed by atoms with Gasteiger partial charge >= 0.3 is 6.18 Å². The van der Waals surface area contributed by atoms with Crippen molar-refractivity contribution in [2.75, 3.05) is 6.54 Å². The normalized spacial score (nSPS) is 21.1. The number of aromatic nitrogens is 1. The molecule has 100 valence electrons. The van der Waals surface area contributed by atoms with Gasteiger partial charge in [0.05, 0.1) is 6.20 Å². The Morgan fingerprint density at radius 1 is 1.50 bits per heavy atom. The van der Waals surface area contributed by atoms with Crippen molar-refractivity contribution in [3.05, 3.63) is 17.5 Å². The van der Waals surface area contributed by atoms with Gasteiger partial charge in [-0.2, -0.15) is 13.2 Å². The standard InChI is InChI=1S/C11H13F3N2O2/c1-7-8(6-15-18-7)10(17)16-5-3-2-4-9(16)11(12,13)14/h6,9H,2-5H2,1H3.